The zero-order valence-corrected chi connectivity index (χ0v) is 21.4. The molecule has 0 aromatic heterocycles. The van der Waals surface area contributed by atoms with Crippen molar-refractivity contribution in [3.8, 4) is 0 Å². The molecule has 0 atom stereocenters. The molecule has 0 fully saturated rings. The third-order valence-corrected chi connectivity index (χ3v) is 7.61. The number of aldehydes is 1. The van der Waals surface area contributed by atoms with Crippen molar-refractivity contribution in [1.82, 2.24) is 10.6 Å². The van der Waals surface area contributed by atoms with Crippen molar-refractivity contribution in [3.05, 3.63) is 94.0 Å². The number of halogens is 1. The van der Waals surface area contributed by atoms with Gasteiger partial charge in [0.05, 0.1) is 17.1 Å². The molecule has 188 valence electrons. The summed E-state index contributed by atoms with van der Waals surface area (Å²) < 4.78 is 28.2. The van der Waals surface area contributed by atoms with Gasteiger partial charge in [-0.1, -0.05) is 47.5 Å². The normalized spacial score (nSPS) is 11.0. The monoisotopic (exact) mass is 527 g/mol. The molecular weight excluding hydrogens is 502 g/mol. The molecule has 2 amide bonds. The molecule has 0 saturated heterocycles. The Morgan fingerprint density at radius 3 is 2.36 bits per heavy atom. The minimum atomic E-state index is -4.08. The second-order valence-electron chi connectivity index (χ2n) is 8.06. The maximum atomic E-state index is 13.6. The van der Waals surface area contributed by atoms with Crippen molar-refractivity contribution in [2.24, 2.45) is 0 Å². The SMILES string of the molecule is Cc1ccc(S(=O)(=O)N(CC(=O)NCc2cccc(C(=O)NCC=O)c2)c2cccc(Cl)c2C)cc1. The summed E-state index contributed by atoms with van der Waals surface area (Å²) in [6.45, 7) is 3.03. The van der Waals surface area contributed by atoms with Crippen LogP contribution in [0, 0.1) is 13.8 Å². The smallest absolute Gasteiger partial charge is 0.264 e. The Labute approximate surface area is 215 Å². The molecule has 2 N–H and O–H groups in total. The quantitative estimate of drug-likeness (QED) is 0.392. The van der Waals surface area contributed by atoms with Gasteiger partial charge in [0, 0.05) is 17.1 Å². The zero-order chi connectivity index (χ0) is 26.3. The van der Waals surface area contributed by atoms with E-state index in [1.54, 1.807) is 61.5 Å². The van der Waals surface area contributed by atoms with Gasteiger partial charge in [-0.15, -0.1) is 0 Å². The van der Waals surface area contributed by atoms with Crippen molar-refractivity contribution in [3.63, 3.8) is 0 Å². The number of sulfonamides is 1. The number of hydrogen-bond acceptors (Lipinski definition) is 5. The number of carbonyl (C=O) groups is 3. The first-order valence-electron chi connectivity index (χ1n) is 11.1. The van der Waals surface area contributed by atoms with Crippen LogP contribution in [0.3, 0.4) is 0 Å². The Balaban J connectivity index is 1.83. The van der Waals surface area contributed by atoms with Crippen LogP contribution < -0.4 is 14.9 Å². The number of carbonyl (C=O) groups excluding carboxylic acids is 3. The Hall–Kier alpha value is -3.69. The Kier molecular flexibility index (Phi) is 8.84. The van der Waals surface area contributed by atoms with Gasteiger partial charge in [-0.2, -0.15) is 0 Å². The molecule has 3 rings (SSSR count). The molecule has 0 unspecified atom stereocenters. The molecule has 0 radical (unpaired) electrons. The topological polar surface area (TPSA) is 113 Å². The minimum Gasteiger partial charge on any atom is -0.350 e. The zero-order valence-electron chi connectivity index (χ0n) is 19.8. The third kappa shape index (κ3) is 6.50. The van der Waals surface area contributed by atoms with Crippen LogP contribution >= 0.6 is 11.6 Å². The van der Waals surface area contributed by atoms with Crippen LogP contribution in [-0.2, 0) is 26.2 Å². The first-order chi connectivity index (χ1) is 17.1. The summed E-state index contributed by atoms with van der Waals surface area (Å²) in [5.41, 5.74) is 2.69. The molecule has 0 aliphatic heterocycles. The number of hydrogen-bond donors (Lipinski definition) is 2. The third-order valence-electron chi connectivity index (χ3n) is 5.43. The summed E-state index contributed by atoms with van der Waals surface area (Å²) in [6, 6.07) is 17.8. The van der Waals surface area contributed by atoms with Crippen molar-refractivity contribution < 1.29 is 22.8 Å². The lowest BCUT2D eigenvalue weighted by atomic mass is 10.1. The second kappa shape index (κ2) is 11.8. The summed E-state index contributed by atoms with van der Waals surface area (Å²) in [7, 11) is -4.08. The van der Waals surface area contributed by atoms with Crippen molar-refractivity contribution >= 4 is 45.4 Å². The number of amides is 2. The lowest BCUT2D eigenvalue weighted by Crippen LogP contribution is -2.41. The molecule has 8 nitrogen and oxygen atoms in total. The molecule has 0 aliphatic carbocycles. The fraction of sp³-hybridized carbons (Fsp3) is 0.192. The highest BCUT2D eigenvalue weighted by molar-refractivity contribution is 7.92. The van der Waals surface area contributed by atoms with E-state index in [1.807, 2.05) is 6.92 Å². The predicted octanol–water partition coefficient (Wildman–Crippen LogP) is 3.40. The van der Waals surface area contributed by atoms with E-state index in [-0.39, 0.29) is 18.0 Å². The van der Waals surface area contributed by atoms with E-state index in [9.17, 15) is 22.8 Å². The van der Waals surface area contributed by atoms with E-state index in [4.69, 9.17) is 11.6 Å². The lowest BCUT2D eigenvalue weighted by Gasteiger charge is -2.26. The molecule has 0 spiro atoms. The Bertz CT molecular complexity index is 1370. The van der Waals surface area contributed by atoms with E-state index in [0.717, 1.165) is 9.87 Å². The number of benzene rings is 3. The van der Waals surface area contributed by atoms with E-state index in [2.05, 4.69) is 10.6 Å². The van der Waals surface area contributed by atoms with Crippen LogP contribution in [0.5, 0.6) is 0 Å². The van der Waals surface area contributed by atoms with Gasteiger partial charge >= 0.3 is 0 Å². The second-order valence-corrected chi connectivity index (χ2v) is 10.3. The molecule has 36 heavy (non-hydrogen) atoms. The number of rotatable bonds is 10. The Morgan fingerprint density at radius 1 is 0.972 bits per heavy atom. The van der Waals surface area contributed by atoms with E-state index in [0.29, 0.717) is 33.7 Å². The van der Waals surface area contributed by atoms with Gasteiger partial charge in [0.1, 0.15) is 12.8 Å². The minimum absolute atomic E-state index is 0.0503. The number of aryl methyl sites for hydroxylation is 1. The molecule has 10 heteroatoms. The van der Waals surface area contributed by atoms with Crippen molar-refractivity contribution in [1.29, 1.82) is 0 Å². The van der Waals surface area contributed by atoms with Gasteiger partial charge in [0.25, 0.3) is 15.9 Å². The molecule has 3 aromatic rings. The molecule has 0 aliphatic rings. The Morgan fingerprint density at radius 2 is 1.67 bits per heavy atom. The van der Waals surface area contributed by atoms with E-state index in [1.165, 1.54) is 12.1 Å². The van der Waals surface area contributed by atoms with Crippen LogP contribution in [0.25, 0.3) is 0 Å². The van der Waals surface area contributed by atoms with Crippen LogP contribution in [0.2, 0.25) is 5.02 Å². The van der Waals surface area contributed by atoms with Gasteiger partial charge in [-0.05, 0) is 61.4 Å². The molecule has 0 saturated carbocycles. The van der Waals surface area contributed by atoms with Crippen LogP contribution in [0.15, 0.2) is 71.6 Å². The van der Waals surface area contributed by atoms with E-state index >= 15 is 0 Å². The van der Waals surface area contributed by atoms with Gasteiger partial charge in [-0.25, -0.2) is 8.42 Å². The average molecular weight is 528 g/mol. The van der Waals surface area contributed by atoms with Gasteiger partial charge in [0.15, 0.2) is 0 Å². The first kappa shape index (κ1) is 26.9. The number of anilines is 1. The van der Waals surface area contributed by atoms with Crippen molar-refractivity contribution in [2.75, 3.05) is 17.4 Å². The van der Waals surface area contributed by atoms with Gasteiger partial charge in [0.2, 0.25) is 5.91 Å². The fourth-order valence-electron chi connectivity index (χ4n) is 3.45. The molecule has 0 bridgehead atoms. The standard InChI is InChI=1S/C26H26ClN3O5S/c1-18-9-11-22(12-10-18)36(34,35)30(24-8-4-7-23(27)19(24)2)17-25(32)29-16-20-5-3-6-21(15-20)26(33)28-13-14-31/h3-12,14-15H,13,16-17H2,1-2H3,(H,28,33)(H,29,32). The number of nitrogens with one attached hydrogen (secondary N) is 2. The summed E-state index contributed by atoms with van der Waals surface area (Å²) >= 11 is 6.25. The number of nitrogens with zero attached hydrogens (tertiary/aromatic N) is 1. The summed E-state index contributed by atoms with van der Waals surface area (Å²) in [6.07, 6.45) is 0.583. The summed E-state index contributed by atoms with van der Waals surface area (Å²) in [5.74, 6) is -0.956. The van der Waals surface area contributed by atoms with Crippen LogP contribution in [0.4, 0.5) is 5.69 Å². The molecular formula is C26H26ClN3O5S. The maximum Gasteiger partial charge on any atom is 0.264 e. The van der Waals surface area contributed by atoms with Gasteiger partial charge in [-0.3, -0.25) is 13.9 Å². The van der Waals surface area contributed by atoms with Crippen molar-refractivity contribution in [2.45, 2.75) is 25.3 Å². The highest BCUT2D eigenvalue weighted by Crippen LogP contribution is 2.30. The first-order valence-corrected chi connectivity index (χ1v) is 12.9. The van der Waals surface area contributed by atoms with Crippen LogP contribution in [0.1, 0.15) is 27.0 Å². The lowest BCUT2D eigenvalue weighted by molar-refractivity contribution is -0.119. The summed E-state index contributed by atoms with van der Waals surface area (Å²) in [5, 5.41) is 5.54. The highest BCUT2D eigenvalue weighted by atomic mass is 35.5. The van der Waals surface area contributed by atoms with Crippen LogP contribution in [-0.4, -0.2) is 39.6 Å². The maximum absolute atomic E-state index is 13.6. The van der Waals surface area contributed by atoms with E-state index < -0.39 is 28.4 Å². The highest BCUT2D eigenvalue weighted by Gasteiger charge is 2.28. The van der Waals surface area contributed by atoms with Gasteiger partial charge < -0.3 is 15.4 Å². The molecule has 0 heterocycles. The summed E-state index contributed by atoms with van der Waals surface area (Å²) in [4.78, 5) is 35.5. The fourth-order valence-corrected chi connectivity index (χ4v) is 5.10. The average Bonchev–Trinajstić information content (AvgIpc) is 2.87. The molecule has 3 aromatic carbocycles. The predicted molar refractivity (Wildman–Crippen MR) is 139 cm³/mol. The largest absolute Gasteiger partial charge is 0.350 e.